The van der Waals surface area contributed by atoms with E-state index in [-0.39, 0.29) is 5.91 Å². The topological polar surface area (TPSA) is 90.5 Å². The number of nitrogens with zero attached hydrogens (tertiary/aromatic N) is 6. The van der Waals surface area contributed by atoms with E-state index in [1.54, 1.807) is 30.7 Å². The molecule has 0 fully saturated rings. The third-order valence-electron chi connectivity index (χ3n) is 3.83. The van der Waals surface area contributed by atoms with Crippen molar-refractivity contribution in [3.8, 4) is 5.69 Å². The Morgan fingerprint density at radius 2 is 2.00 bits per heavy atom. The molecule has 1 N–H and O–H groups in total. The zero-order valence-electron chi connectivity index (χ0n) is 13.7. The summed E-state index contributed by atoms with van der Waals surface area (Å²) in [5.41, 5.74) is 3.05. The zero-order valence-corrected chi connectivity index (χ0v) is 13.7. The lowest BCUT2D eigenvalue weighted by atomic mass is 10.1. The van der Waals surface area contributed by atoms with Crippen LogP contribution in [0.25, 0.3) is 5.69 Å². The van der Waals surface area contributed by atoms with E-state index in [1.807, 2.05) is 41.1 Å². The van der Waals surface area contributed by atoms with Gasteiger partial charge in [-0.1, -0.05) is 18.2 Å². The quantitative estimate of drug-likeness (QED) is 0.598. The predicted molar refractivity (Wildman–Crippen MR) is 94.9 cm³/mol. The number of amides is 1. The van der Waals surface area contributed by atoms with Crippen molar-refractivity contribution >= 4 is 11.6 Å². The normalized spacial score (nSPS) is 10.6. The number of carbonyl (C=O) groups excluding carboxylic acids is 1. The standard InChI is InChI=1S/C18H15N7O/c26-18(15-4-2-6-17(10-15)25-13-20-22-23-25)21-16-5-1-3-14(9-16)11-24-8-7-19-12-24/h1-10,12-13H,11H2,(H,21,26). The highest BCUT2D eigenvalue weighted by Crippen LogP contribution is 2.15. The molecule has 1 amide bonds. The largest absolute Gasteiger partial charge is 0.333 e. The van der Waals surface area contributed by atoms with E-state index in [4.69, 9.17) is 0 Å². The second kappa shape index (κ2) is 6.98. The molecule has 0 aliphatic carbocycles. The Kier molecular flexibility index (Phi) is 4.21. The molecular formula is C18H15N7O. The summed E-state index contributed by atoms with van der Waals surface area (Å²) in [6.07, 6.45) is 6.88. The van der Waals surface area contributed by atoms with Gasteiger partial charge in [-0.3, -0.25) is 4.79 Å². The lowest BCUT2D eigenvalue weighted by Gasteiger charge is -2.09. The molecule has 128 valence electrons. The number of tetrazole rings is 1. The Morgan fingerprint density at radius 1 is 1.08 bits per heavy atom. The van der Waals surface area contributed by atoms with Crippen molar-refractivity contribution < 1.29 is 4.79 Å². The summed E-state index contributed by atoms with van der Waals surface area (Å²) in [7, 11) is 0. The minimum atomic E-state index is -0.195. The Labute approximate surface area is 149 Å². The van der Waals surface area contributed by atoms with Crippen molar-refractivity contribution in [2.45, 2.75) is 6.54 Å². The number of benzene rings is 2. The minimum Gasteiger partial charge on any atom is -0.333 e. The number of rotatable bonds is 5. The summed E-state index contributed by atoms with van der Waals surface area (Å²) in [5.74, 6) is -0.195. The van der Waals surface area contributed by atoms with E-state index >= 15 is 0 Å². The molecule has 0 unspecified atom stereocenters. The van der Waals surface area contributed by atoms with Crippen LogP contribution in [-0.2, 0) is 6.54 Å². The number of hydrogen-bond donors (Lipinski definition) is 1. The zero-order chi connectivity index (χ0) is 17.8. The Hall–Kier alpha value is -3.81. The number of nitrogens with one attached hydrogen (secondary N) is 1. The predicted octanol–water partition coefficient (Wildman–Crippen LogP) is 2.16. The minimum absolute atomic E-state index is 0.195. The number of hydrogen-bond acceptors (Lipinski definition) is 5. The first-order chi connectivity index (χ1) is 12.8. The molecule has 26 heavy (non-hydrogen) atoms. The molecule has 0 saturated carbocycles. The van der Waals surface area contributed by atoms with Gasteiger partial charge in [0, 0.05) is 30.2 Å². The van der Waals surface area contributed by atoms with Gasteiger partial charge in [-0.05, 0) is 46.3 Å². The highest BCUT2D eigenvalue weighted by atomic mass is 16.1. The van der Waals surface area contributed by atoms with Gasteiger partial charge >= 0.3 is 0 Å². The molecule has 0 bridgehead atoms. The third kappa shape index (κ3) is 3.48. The molecule has 0 saturated heterocycles. The van der Waals surface area contributed by atoms with E-state index < -0.39 is 0 Å². The van der Waals surface area contributed by atoms with Gasteiger partial charge in [0.1, 0.15) is 6.33 Å². The van der Waals surface area contributed by atoms with Crippen molar-refractivity contribution in [3.05, 3.63) is 84.7 Å². The molecule has 4 aromatic rings. The summed E-state index contributed by atoms with van der Waals surface area (Å²) >= 11 is 0. The SMILES string of the molecule is O=C(Nc1cccc(Cn2ccnc2)c1)c1cccc(-n2cnnn2)c1. The van der Waals surface area contributed by atoms with Gasteiger partial charge in [0.15, 0.2) is 0 Å². The van der Waals surface area contributed by atoms with Gasteiger partial charge in [0.2, 0.25) is 0 Å². The first-order valence-electron chi connectivity index (χ1n) is 7.97. The van der Waals surface area contributed by atoms with Crippen LogP contribution in [0.5, 0.6) is 0 Å². The Bertz CT molecular complexity index is 1010. The average Bonchev–Trinajstić information content (AvgIpc) is 3.36. The van der Waals surface area contributed by atoms with Gasteiger partial charge in [-0.15, -0.1) is 5.10 Å². The number of aromatic nitrogens is 6. The number of carbonyl (C=O) groups is 1. The molecular weight excluding hydrogens is 330 g/mol. The van der Waals surface area contributed by atoms with Crippen molar-refractivity contribution in [3.63, 3.8) is 0 Å². The highest BCUT2D eigenvalue weighted by molar-refractivity contribution is 6.04. The summed E-state index contributed by atoms with van der Waals surface area (Å²) in [6.45, 7) is 0.693. The molecule has 0 aliphatic heterocycles. The maximum atomic E-state index is 12.6. The van der Waals surface area contributed by atoms with E-state index in [0.29, 0.717) is 12.1 Å². The van der Waals surface area contributed by atoms with Crippen LogP contribution in [0.15, 0.2) is 73.6 Å². The number of imidazole rings is 1. The van der Waals surface area contributed by atoms with Crippen LogP contribution >= 0.6 is 0 Å². The molecule has 2 aromatic carbocycles. The molecule has 8 heteroatoms. The van der Waals surface area contributed by atoms with Crippen LogP contribution < -0.4 is 5.32 Å². The third-order valence-corrected chi connectivity index (χ3v) is 3.83. The monoisotopic (exact) mass is 345 g/mol. The lowest BCUT2D eigenvalue weighted by molar-refractivity contribution is 0.102. The molecule has 2 aromatic heterocycles. The van der Waals surface area contributed by atoms with Crippen LogP contribution in [-0.4, -0.2) is 35.7 Å². The summed E-state index contributed by atoms with van der Waals surface area (Å²) < 4.78 is 3.47. The number of anilines is 1. The maximum Gasteiger partial charge on any atom is 0.255 e. The maximum absolute atomic E-state index is 12.6. The van der Waals surface area contributed by atoms with E-state index in [1.165, 1.54) is 11.0 Å². The van der Waals surface area contributed by atoms with Crippen LogP contribution in [0.3, 0.4) is 0 Å². The van der Waals surface area contributed by atoms with Gasteiger partial charge in [-0.2, -0.15) is 0 Å². The fourth-order valence-electron chi connectivity index (χ4n) is 2.61. The smallest absolute Gasteiger partial charge is 0.255 e. The Morgan fingerprint density at radius 3 is 2.81 bits per heavy atom. The Balaban J connectivity index is 1.51. The molecule has 0 spiro atoms. The average molecular weight is 345 g/mol. The first kappa shape index (κ1) is 15.7. The van der Waals surface area contributed by atoms with Gasteiger partial charge < -0.3 is 9.88 Å². The van der Waals surface area contributed by atoms with Gasteiger partial charge in [-0.25, -0.2) is 9.67 Å². The first-order valence-corrected chi connectivity index (χ1v) is 7.97. The van der Waals surface area contributed by atoms with Crippen LogP contribution in [0.2, 0.25) is 0 Å². The summed E-state index contributed by atoms with van der Waals surface area (Å²) in [6, 6.07) is 14.8. The second-order valence-electron chi connectivity index (χ2n) is 5.69. The van der Waals surface area contributed by atoms with Crippen molar-refractivity contribution in [1.29, 1.82) is 0 Å². The van der Waals surface area contributed by atoms with Crippen molar-refractivity contribution in [2.75, 3.05) is 5.32 Å². The molecule has 8 nitrogen and oxygen atoms in total. The molecule has 2 heterocycles. The molecule has 4 rings (SSSR count). The van der Waals surface area contributed by atoms with E-state index in [9.17, 15) is 4.79 Å². The van der Waals surface area contributed by atoms with Crippen LogP contribution in [0, 0.1) is 0 Å². The molecule has 0 aliphatic rings. The van der Waals surface area contributed by atoms with E-state index in [0.717, 1.165) is 16.9 Å². The molecule has 0 radical (unpaired) electrons. The van der Waals surface area contributed by atoms with E-state index in [2.05, 4.69) is 25.8 Å². The summed E-state index contributed by atoms with van der Waals surface area (Å²) in [5, 5.41) is 14.0. The van der Waals surface area contributed by atoms with Crippen LogP contribution in [0.1, 0.15) is 15.9 Å². The van der Waals surface area contributed by atoms with Crippen LogP contribution in [0.4, 0.5) is 5.69 Å². The molecule has 0 atom stereocenters. The highest BCUT2D eigenvalue weighted by Gasteiger charge is 2.09. The van der Waals surface area contributed by atoms with Gasteiger partial charge in [0.25, 0.3) is 5.91 Å². The van der Waals surface area contributed by atoms with Crippen molar-refractivity contribution in [2.24, 2.45) is 0 Å². The summed E-state index contributed by atoms with van der Waals surface area (Å²) in [4.78, 5) is 16.6. The lowest BCUT2D eigenvalue weighted by Crippen LogP contribution is -2.12. The fourth-order valence-corrected chi connectivity index (χ4v) is 2.61. The van der Waals surface area contributed by atoms with Crippen molar-refractivity contribution in [1.82, 2.24) is 29.8 Å². The van der Waals surface area contributed by atoms with Gasteiger partial charge in [0.05, 0.1) is 12.0 Å². The fraction of sp³-hybridized carbons (Fsp3) is 0.0556. The second-order valence-corrected chi connectivity index (χ2v) is 5.69.